The highest BCUT2D eigenvalue weighted by molar-refractivity contribution is 9.10. The third-order valence-electron chi connectivity index (χ3n) is 2.92. The van der Waals surface area contributed by atoms with E-state index in [0.29, 0.717) is 11.4 Å². The van der Waals surface area contributed by atoms with Gasteiger partial charge in [-0.05, 0) is 45.0 Å². The van der Waals surface area contributed by atoms with E-state index in [1.165, 1.54) is 5.56 Å². The summed E-state index contributed by atoms with van der Waals surface area (Å²) in [6.45, 7) is 5.62. The molecular formula is C17H18BrNO2. The fourth-order valence-corrected chi connectivity index (χ4v) is 1.76. The van der Waals surface area contributed by atoms with Crippen molar-refractivity contribution in [2.24, 2.45) is 0 Å². The molecule has 0 bridgehead atoms. The van der Waals surface area contributed by atoms with Crippen LogP contribution >= 0.6 is 15.9 Å². The van der Waals surface area contributed by atoms with Gasteiger partial charge in [0.15, 0.2) is 5.75 Å². The van der Waals surface area contributed by atoms with E-state index >= 15 is 0 Å². The Labute approximate surface area is 133 Å². The SMILES string of the molecule is Cc1ccc(Oc2ccccc2NC(=O)C(C)(C)Br)cc1. The zero-order valence-corrected chi connectivity index (χ0v) is 13.9. The van der Waals surface area contributed by atoms with Gasteiger partial charge >= 0.3 is 0 Å². The predicted molar refractivity (Wildman–Crippen MR) is 89.3 cm³/mol. The third-order valence-corrected chi connectivity index (χ3v) is 3.28. The molecule has 2 aromatic rings. The average molecular weight is 348 g/mol. The first-order chi connectivity index (χ1) is 9.86. The first-order valence-corrected chi connectivity index (χ1v) is 7.49. The third kappa shape index (κ3) is 4.33. The monoisotopic (exact) mass is 347 g/mol. The molecule has 0 spiro atoms. The molecule has 0 aliphatic heterocycles. The van der Waals surface area contributed by atoms with Crippen molar-refractivity contribution in [1.29, 1.82) is 0 Å². The van der Waals surface area contributed by atoms with Crippen LogP contribution in [0.15, 0.2) is 48.5 Å². The fourth-order valence-electron chi connectivity index (χ4n) is 1.66. The lowest BCUT2D eigenvalue weighted by atomic mass is 10.2. The number of para-hydroxylation sites is 2. The van der Waals surface area contributed by atoms with Crippen LogP contribution in [0.4, 0.5) is 5.69 Å². The molecular weight excluding hydrogens is 330 g/mol. The lowest BCUT2D eigenvalue weighted by molar-refractivity contribution is -0.117. The quantitative estimate of drug-likeness (QED) is 0.798. The van der Waals surface area contributed by atoms with E-state index in [0.717, 1.165) is 5.75 Å². The maximum Gasteiger partial charge on any atom is 0.240 e. The molecule has 0 saturated carbocycles. The number of carbonyl (C=O) groups excluding carboxylic acids is 1. The van der Waals surface area contributed by atoms with Crippen LogP contribution in [0.3, 0.4) is 0 Å². The Hall–Kier alpha value is -1.81. The van der Waals surface area contributed by atoms with Crippen LogP contribution < -0.4 is 10.1 Å². The number of rotatable bonds is 4. The van der Waals surface area contributed by atoms with Gasteiger partial charge in [0.25, 0.3) is 0 Å². The Morgan fingerprint density at radius 1 is 1.10 bits per heavy atom. The van der Waals surface area contributed by atoms with E-state index in [4.69, 9.17) is 4.74 Å². The van der Waals surface area contributed by atoms with E-state index in [1.54, 1.807) is 13.8 Å². The number of nitrogens with one attached hydrogen (secondary N) is 1. The zero-order valence-electron chi connectivity index (χ0n) is 12.3. The maximum absolute atomic E-state index is 12.1. The molecule has 0 heterocycles. The van der Waals surface area contributed by atoms with E-state index in [2.05, 4.69) is 21.2 Å². The summed E-state index contributed by atoms with van der Waals surface area (Å²) in [6.07, 6.45) is 0. The highest BCUT2D eigenvalue weighted by Crippen LogP contribution is 2.30. The van der Waals surface area contributed by atoms with Gasteiger partial charge in [0.2, 0.25) is 5.91 Å². The number of hydrogen-bond donors (Lipinski definition) is 1. The number of alkyl halides is 1. The Balaban J connectivity index is 2.21. The van der Waals surface area contributed by atoms with Gasteiger partial charge in [0, 0.05) is 0 Å². The number of aryl methyl sites for hydroxylation is 1. The summed E-state index contributed by atoms with van der Waals surface area (Å²) < 4.78 is 5.21. The molecule has 0 aliphatic carbocycles. The molecule has 110 valence electrons. The minimum absolute atomic E-state index is 0.123. The van der Waals surface area contributed by atoms with E-state index < -0.39 is 4.32 Å². The molecule has 0 atom stereocenters. The largest absolute Gasteiger partial charge is 0.455 e. The van der Waals surface area contributed by atoms with Gasteiger partial charge in [-0.15, -0.1) is 0 Å². The lowest BCUT2D eigenvalue weighted by Crippen LogP contribution is -2.31. The van der Waals surface area contributed by atoms with E-state index in [9.17, 15) is 4.79 Å². The summed E-state index contributed by atoms with van der Waals surface area (Å²) in [4.78, 5) is 12.1. The van der Waals surface area contributed by atoms with Crippen LogP contribution in [0.25, 0.3) is 0 Å². The number of halogens is 1. The number of hydrogen-bond acceptors (Lipinski definition) is 2. The Kier molecular flexibility index (Phi) is 4.68. The number of ether oxygens (including phenoxy) is 1. The molecule has 0 aromatic heterocycles. The summed E-state index contributed by atoms with van der Waals surface area (Å²) in [7, 11) is 0. The van der Waals surface area contributed by atoms with Crippen LogP contribution in [0.1, 0.15) is 19.4 Å². The summed E-state index contributed by atoms with van der Waals surface area (Å²) in [6, 6.07) is 15.2. The van der Waals surface area contributed by atoms with Gasteiger partial charge in [-0.1, -0.05) is 45.8 Å². The standard InChI is InChI=1S/C17H18BrNO2/c1-12-8-10-13(11-9-12)21-15-7-5-4-6-14(15)19-16(20)17(2,3)18/h4-11H,1-3H3,(H,19,20). The predicted octanol–water partition coefficient (Wildman–Crippen LogP) is 4.90. The van der Waals surface area contributed by atoms with Crippen molar-refractivity contribution >= 4 is 27.5 Å². The second-order valence-corrected chi connectivity index (χ2v) is 7.32. The fraction of sp³-hybridized carbons (Fsp3) is 0.235. The smallest absolute Gasteiger partial charge is 0.240 e. The molecule has 1 amide bonds. The van der Waals surface area contributed by atoms with Crippen molar-refractivity contribution in [3.05, 3.63) is 54.1 Å². The van der Waals surface area contributed by atoms with Gasteiger partial charge in [0.1, 0.15) is 5.75 Å². The molecule has 4 heteroatoms. The molecule has 3 nitrogen and oxygen atoms in total. The Morgan fingerprint density at radius 2 is 1.71 bits per heavy atom. The maximum atomic E-state index is 12.1. The van der Waals surface area contributed by atoms with E-state index in [1.807, 2.05) is 55.5 Å². The zero-order chi connectivity index (χ0) is 15.5. The second-order valence-electron chi connectivity index (χ2n) is 5.34. The molecule has 0 aliphatic rings. The van der Waals surface area contributed by atoms with Crippen LogP contribution in [-0.4, -0.2) is 10.2 Å². The summed E-state index contributed by atoms with van der Waals surface area (Å²) in [5.41, 5.74) is 1.82. The van der Waals surface area contributed by atoms with Crippen molar-refractivity contribution in [2.75, 3.05) is 5.32 Å². The van der Waals surface area contributed by atoms with Gasteiger partial charge in [-0.2, -0.15) is 0 Å². The van der Waals surface area contributed by atoms with Crippen molar-refractivity contribution in [1.82, 2.24) is 0 Å². The van der Waals surface area contributed by atoms with Crippen molar-refractivity contribution < 1.29 is 9.53 Å². The topological polar surface area (TPSA) is 38.3 Å². The van der Waals surface area contributed by atoms with Crippen LogP contribution in [-0.2, 0) is 4.79 Å². The second kappa shape index (κ2) is 6.31. The first kappa shape index (κ1) is 15.6. The average Bonchev–Trinajstić information content (AvgIpc) is 2.42. The molecule has 1 N–H and O–H groups in total. The molecule has 2 aromatic carbocycles. The molecule has 0 unspecified atom stereocenters. The number of anilines is 1. The van der Waals surface area contributed by atoms with Crippen LogP contribution in [0.5, 0.6) is 11.5 Å². The first-order valence-electron chi connectivity index (χ1n) is 6.70. The highest BCUT2D eigenvalue weighted by Gasteiger charge is 2.24. The van der Waals surface area contributed by atoms with Crippen LogP contribution in [0.2, 0.25) is 0 Å². The summed E-state index contributed by atoms with van der Waals surface area (Å²) >= 11 is 3.35. The summed E-state index contributed by atoms with van der Waals surface area (Å²) in [5, 5.41) is 2.87. The number of benzene rings is 2. The van der Waals surface area contributed by atoms with Gasteiger partial charge < -0.3 is 10.1 Å². The van der Waals surface area contributed by atoms with Gasteiger partial charge in [-0.3, -0.25) is 4.79 Å². The molecule has 2 rings (SSSR count). The lowest BCUT2D eigenvalue weighted by Gasteiger charge is -2.18. The summed E-state index contributed by atoms with van der Waals surface area (Å²) in [5.74, 6) is 1.23. The van der Waals surface area contributed by atoms with Crippen LogP contribution in [0, 0.1) is 6.92 Å². The molecule has 0 radical (unpaired) electrons. The number of amides is 1. The van der Waals surface area contributed by atoms with Crippen molar-refractivity contribution in [3.8, 4) is 11.5 Å². The minimum Gasteiger partial charge on any atom is -0.455 e. The van der Waals surface area contributed by atoms with Crippen molar-refractivity contribution in [3.63, 3.8) is 0 Å². The Bertz CT molecular complexity index is 630. The number of carbonyl (C=O) groups is 1. The molecule has 0 saturated heterocycles. The van der Waals surface area contributed by atoms with E-state index in [-0.39, 0.29) is 5.91 Å². The highest BCUT2D eigenvalue weighted by atomic mass is 79.9. The normalized spacial score (nSPS) is 11.0. The van der Waals surface area contributed by atoms with Gasteiger partial charge in [0.05, 0.1) is 10.0 Å². The van der Waals surface area contributed by atoms with Crippen molar-refractivity contribution in [2.45, 2.75) is 25.1 Å². The Morgan fingerprint density at radius 3 is 2.33 bits per heavy atom. The molecule has 21 heavy (non-hydrogen) atoms. The van der Waals surface area contributed by atoms with Gasteiger partial charge in [-0.25, -0.2) is 0 Å². The molecule has 0 fully saturated rings. The minimum atomic E-state index is -0.635.